The molecule has 0 aromatic heterocycles. The lowest BCUT2D eigenvalue weighted by molar-refractivity contribution is 0.0858. The molecular formula is C22H24IN3O2. The van der Waals surface area contributed by atoms with Crippen molar-refractivity contribution < 1.29 is 9.90 Å². The number of benzene rings is 2. The first-order chi connectivity index (χ1) is 13.5. The molecule has 2 N–H and O–H groups in total. The number of hydrogen-bond donors (Lipinski definition) is 2. The molecule has 6 heteroatoms. The van der Waals surface area contributed by atoms with Gasteiger partial charge in [-0.15, -0.1) is 0 Å². The number of carbonyl (C=O) groups excluding carboxylic acids is 1. The molecule has 146 valence electrons. The number of nitrogens with one attached hydrogen (secondary N) is 1. The van der Waals surface area contributed by atoms with Crippen molar-refractivity contribution in [3.05, 3.63) is 62.2 Å². The number of amides is 1. The van der Waals surface area contributed by atoms with Gasteiger partial charge in [0.2, 0.25) is 0 Å². The van der Waals surface area contributed by atoms with Gasteiger partial charge < -0.3 is 15.3 Å². The van der Waals surface area contributed by atoms with Crippen molar-refractivity contribution in [1.29, 1.82) is 0 Å². The van der Waals surface area contributed by atoms with E-state index in [1.807, 2.05) is 49.7 Å². The number of aliphatic hydroxyl groups excluding tert-OH is 1. The lowest BCUT2D eigenvalue weighted by atomic mass is 10.1. The average Bonchev–Trinajstić information content (AvgIpc) is 3.30. The first-order valence-corrected chi connectivity index (χ1v) is 10.8. The van der Waals surface area contributed by atoms with Gasteiger partial charge in [-0.1, -0.05) is 12.1 Å². The number of carbonyl (C=O) groups is 1. The van der Waals surface area contributed by atoms with E-state index in [1.165, 1.54) is 12.8 Å². The fourth-order valence-electron chi connectivity index (χ4n) is 3.83. The van der Waals surface area contributed by atoms with Gasteiger partial charge in [0.1, 0.15) is 0 Å². The van der Waals surface area contributed by atoms with E-state index < -0.39 is 12.1 Å². The molecule has 2 atom stereocenters. The molecule has 1 saturated heterocycles. The summed E-state index contributed by atoms with van der Waals surface area (Å²) >= 11 is 2.23. The summed E-state index contributed by atoms with van der Waals surface area (Å²) in [5.74, 6) is -0.166. The third kappa shape index (κ3) is 4.07. The Morgan fingerprint density at radius 2 is 2.04 bits per heavy atom. The van der Waals surface area contributed by atoms with Gasteiger partial charge in [-0.25, -0.2) is 4.99 Å². The summed E-state index contributed by atoms with van der Waals surface area (Å²) in [6, 6.07) is 11.2. The summed E-state index contributed by atoms with van der Waals surface area (Å²) in [7, 11) is 0. The fourth-order valence-corrected chi connectivity index (χ4v) is 4.34. The highest BCUT2D eigenvalue weighted by Gasteiger charge is 2.32. The van der Waals surface area contributed by atoms with Crippen molar-refractivity contribution in [3.63, 3.8) is 0 Å². The number of aliphatic hydroxyl groups is 1. The summed E-state index contributed by atoms with van der Waals surface area (Å²) in [4.78, 5) is 19.6. The summed E-state index contributed by atoms with van der Waals surface area (Å²) < 4.78 is 1.05. The monoisotopic (exact) mass is 489 g/mol. The molecule has 0 spiro atoms. The van der Waals surface area contributed by atoms with Crippen LogP contribution in [0.3, 0.4) is 0 Å². The predicted molar refractivity (Wildman–Crippen MR) is 119 cm³/mol. The van der Waals surface area contributed by atoms with Gasteiger partial charge in [-0.2, -0.15) is 0 Å². The Bertz CT molecular complexity index is 922. The maximum Gasteiger partial charge on any atom is 0.251 e. The third-order valence-corrected chi connectivity index (χ3v) is 6.67. The molecule has 2 aromatic rings. The minimum atomic E-state index is -0.624. The minimum absolute atomic E-state index is 0.166. The standard InChI is InChI=1S/C22H24IN3O2/c1-14-4-5-16(10-19(14)23)22(28)25-21-18-12-17(7-6-15(18)11-20(21)27)24-13-26-8-2-3-9-26/h4-7,10,12-13,20-21,27H,2-3,8-9,11H2,1H3,(H,25,28). The van der Waals surface area contributed by atoms with Gasteiger partial charge >= 0.3 is 0 Å². The first-order valence-electron chi connectivity index (χ1n) is 9.67. The van der Waals surface area contributed by atoms with Crippen molar-refractivity contribution in [3.8, 4) is 0 Å². The Balaban J connectivity index is 1.53. The second kappa shape index (κ2) is 8.21. The van der Waals surface area contributed by atoms with Gasteiger partial charge in [0.15, 0.2) is 0 Å². The minimum Gasteiger partial charge on any atom is -0.390 e. The van der Waals surface area contributed by atoms with Crippen LogP contribution in [0, 0.1) is 10.5 Å². The molecule has 1 fully saturated rings. The van der Waals surface area contributed by atoms with E-state index in [1.54, 1.807) is 0 Å². The van der Waals surface area contributed by atoms with Crippen molar-refractivity contribution in [2.45, 2.75) is 38.3 Å². The molecule has 0 bridgehead atoms. The van der Waals surface area contributed by atoms with Gasteiger partial charge in [-0.3, -0.25) is 4.79 Å². The smallest absolute Gasteiger partial charge is 0.251 e. The van der Waals surface area contributed by atoms with Crippen molar-refractivity contribution in [2.75, 3.05) is 13.1 Å². The van der Waals surface area contributed by atoms with Crippen LogP contribution < -0.4 is 5.32 Å². The molecule has 1 aliphatic heterocycles. The van der Waals surface area contributed by atoms with Crippen LogP contribution in [0.1, 0.15) is 45.9 Å². The number of aryl methyl sites for hydroxylation is 1. The fraction of sp³-hybridized carbons (Fsp3) is 0.364. The number of rotatable bonds is 4. The number of nitrogens with zero attached hydrogens (tertiary/aromatic N) is 2. The quantitative estimate of drug-likeness (QED) is 0.391. The molecule has 0 saturated carbocycles. The third-order valence-electron chi connectivity index (χ3n) is 5.51. The molecule has 5 nitrogen and oxygen atoms in total. The van der Waals surface area contributed by atoms with Gasteiger partial charge in [0.25, 0.3) is 5.91 Å². The van der Waals surface area contributed by atoms with E-state index in [9.17, 15) is 9.90 Å². The highest BCUT2D eigenvalue weighted by Crippen LogP contribution is 2.34. The predicted octanol–water partition coefficient (Wildman–Crippen LogP) is 3.74. The Morgan fingerprint density at radius 3 is 2.79 bits per heavy atom. The number of aliphatic imine (C=N–C) groups is 1. The molecule has 4 rings (SSSR count). The topological polar surface area (TPSA) is 64.9 Å². The maximum absolute atomic E-state index is 12.7. The van der Waals surface area contributed by atoms with Crippen LogP contribution in [-0.4, -0.2) is 41.4 Å². The van der Waals surface area contributed by atoms with Crippen LogP contribution in [0.5, 0.6) is 0 Å². The van der Waals surface area contributed by atoms with Crippen LogP contribution in [0.4, 0.5) is 5.69 Å². The van der Waals surface area contributed by atoms with Gasteiger partial charge in [-0.05, 0) is 83.3 Å². The lowest BCUT2D eigenvalue weighted by Crippen LogP contribution is -2.33. The first kappa shape index (κ1) is 19.4. The molecule has 2 unspecified atom stereocenters. The SMILES string of the molecule is Cc1ccc(C(=O)NC2c3cc(N=CN4CCCC4)ccc3CC2O)cc1I. The lowest BCUT2D eigenvalue weighted by Gasteiger charge is -2.18. The second-order valence-corrected chi connectivity index (χ2v) is 8.72. The largest absolute Gasteiger partial charge is 0.390 e. The molecule has 1 amide bonds. The number of fused-ring (bicyclic) bond motifs is 1. The highest BCUT2D eigenvalue weighted by atomic mass is 127. The summed E-state index contributed by atoms with van der Waals surface area (Å²) in [6.45, 7) is 4.13. The van der Waals surface area contributed by atoms with Gasteiger partial charge in [0.05, 0.1) is 24.2 Å². The van der Waals surface area contributed by atoms with Crippen LogP contribution in [0.15, 0.2) is 41.4 Å². The number of likely N-dealkylation sites (tertiary alicyclic amines) is 1. The van der Waals surface area contributed by atoms with E-state index in [-0.39, 0.29) is 5.91 Å². The van der Waals surface area contributed by atoms with E-state index in [4.69, 9.17) is 0 Å². The zero-order valence-corrected chi connectivity index (χ0v) is 18.0. The van der Waals surface area contributed by atoms with Crippen molar-refractivity contribution >= 4 is 40.5 Å². The average molecular weight is 489 g/mol. The summed E-state index contributed by atoms with van der Waals surface area (Å²) in [6.07, 6.45) is 4.26. The highest BCUT2D eigenvalue weighted by molar-refractivity contribution is 14.1. The molecule has 28 heavy (non-hydrogen) atoms. The Kier molecular flexibility index (Phi) is 5.68. The summed E-state index contributed by atoms with van der Waals surface area (Å²) in [5.41, 5.74) is 4.63. The summed E-state index contributed by atoms with van der Waals surface area (Å²) in [5, 5.41) is 13.6. The molecule has 1 heterocycles. The molecule has 1 aliphatic carbocycles. The zero-order chi connectivity index (χ0) is 19.7. The van der Waals surface area contributed by atoms with Crippen molar-refractivity contribution in [1.82, 2.24) is 10.2 Å². The van der Waals surface area contributed by atoms with E-state index in [2.05, 4.69) is 37.8 Å². The maximum atomic E-state index is 12.7. The zero-order valence-electron chi connectivity index (χ0n) is 15.9. The van der Waals surface area contributed by atoms with E-state index in [0.717, 1.165) is 39.0 Å². The number of hydrogen-bond acceptors (Lipinski definition) is 3. The van der Waals surface area contributed by atoms with Crippen molar-refractivity contribution in [2.24, 2.45) is 4.99 Å². The normalized spacial score (nSPS) is 21.3. The molecule has 2 aliphatic rings. The molecular weight excluding hydrogens is 465 g/mol. The Labute approximate surface area is 179 Å². The van der Waals surface area contributed by atoms with E-state index in [0.29, 0.717) is 12.0 Å². The van der Waals surface area contributed by atoms with E-state index >= 15 is 0 Å². The molecule has 0 radical (unpaired) electrons. The van der Waals surface area contributed by atoms with Crippen LogP contribution in [0.25, 0.3) is 0 Å². The Morgan fingerprint density at radius 1 is 1.25 bits per heavy atom. The van der Waals surface area contributed by atoms with Crippen LogP contribution >= 0.6 is 22.6 Å². The van der Waals surface area contributed by atoms with Crippen LogP contribution in [0.2, 0.25) is 0 Å². The Hall–Kier alpha value is -1.93. The molecule has 2 aromatic carbocycles. The second-order valence-electron chi connectivity index (χ2n) is 7.56. The van der Waals surface area contributed by atoms with Crippen LogP contribution in [-0.2, 0) is 6.42 Å². The van der Waals surface area contributed by atoms with Gasteiger partial charge in [0, 0.05) is 28.6 Å². The number of halogens is 1.